The number of hydrogen-bond donors (Lipinski definition) is 1. The second-order valence-corrected chi connectivity index (χ2v) is 8.31. The van der Waals surface area contributed by atoms with E-state index in [0.717, 1.165) is 21.2 Å². The Labute approximate surface area is 127 Å². The maximum atomic E-state index is 11.3. The minimum absolute atomic E-state index is 0.0436. The van der Waals surface area contributed by atoms with E-state index >= 15 is 0 Å². The summed E-state index contributed by atoms with van der Waals surface area (Å²) in [4.78, 5) is 0. The summed E-state index contributed by atoms with van der Waals surface area (Å²) in [7, 11) is -2.98. The van der Waals surface area contributed by atoms with Crippen molar-refractivity contribution < 1.29 is 12.8 Å². The van der Waals surface area contributed by atoms with Gasteiger partial charge in [0.05, 0.1) is 11.8 Å². The van der Waals surface area contributed by atoms with Gasteiger partial charge in [0, 0.05) is 22.2 Å². The zero-order valence-corrected chi connectivity index (χ0v) is 14.1. The Balaban J connectivity index is 2.13. The summed E-state index contributed by atoms with van der Waals surface area (Å²) in [6, 6.07) is 7.65. The van der Waals surface area contributed by atoms with E-state index in [1.807, 2.05) is 38.1 Å². The lowest BCUT2D eigenvalue weighted by Gasteiger charge is -2.17. The summed E-state index contributed by atoms with van der Waals surface area (Å²) in [5, 5.41) is 4.27. The van der Waals surface area contributed by atoms with Gasteiger partial charge in [0.15, 0.2) is 0 Å². The molecule has 1 aromatic heterocycles. The number of fused-ring (bicyclic) bond motifs is 1. The lowest BCUT2D eigenvalue weighted by Crippen LogP contribution is -2.34. The quantitative estimate of drug-likeness (QED) is 0.889. The fourth-order valence-electron chi connectivity index (χ4n) is 2.26. The number of sulfone groups is 1. The highest BCUT2D eigenvalue weighted by atomic mass is 79.9. The van der Waals surface area contributed by atoms with Gasteiger partial charge in [-0.3, -0.25) is 0 Å². The minimum atomic E-state index is -2.98. The molecule has 2 rings (SSSR count). The Morgan fingerprint density at radius 3 is 2.65 bits per heavy atom. The van der Waals surface area contributed by atoms with Gasteiger partial charge >= 0.3 is 0 Å². The molecule has 0 saturated carbocycles. The summed E-state index contributed by atoms with van der Waals surface area (Å²) in [5.41, 5.74) is 0.826. The van der Waals surface area contributed by atoms with Crippen molar-refractivity contribution in [3.8, 4) is 0 Å². The third-order valence-corrected chi connectivity index (χ3v) is 4.61. The summed E-state index contributed by atoms with van der Waals surface area (Å²) in [6.07, 6.45) is 1.24. The molecular weight excluding hydrogens is 342 g/mol. The van der Waals surface area contributed by atoms with Crippen LogP contribution in [-0.4, -0.2) is 26.5 Å². The smallest absolute Gasteiger partial charge is 0.148 e. The molecule has 4 nitrogen and oxygen atoms in total. The number of halogens is 1. The average Bonchev–Trinajstić information content (AvgIpc) is 2.68. The van der Waals surface area contributed by atoms with Crippen LogP contribution in [0, 0.1) is 0 Å². The number of rotatable bonds is 5. The van der Waals surface area contributed by atoms with Gasteiger partial charge in [0.1, 0.15) is 21.2 Å². The summed E-state index contributed by atoms with van der Waals surface area (Å²) in [5.74, 6) is 0.918. The molecule has 1 heterocycles. The summed E-state index contributed by atoms with van der Waals surface area (Å²) < 4.78 is 29.3. The molecule has 0 spiro atoms. The van der Waals surface area contributed by atoms with Gasteiger partial charge in [-0.2, -0.15) is 0 Å². The molecule has 2 unspecified atom stereocenters. The number of furan rings is 1. The van der Waals surface area contributed by atoms with E-state index in [9.17, 15) is 8.42 Å². The van der Waals surface area contributed by atoms with E-state index < -0.39 is 9.84 Å². The number of hydrogen-bond acceptors (Lipinski definition) is 4. The molecule has 110 valence electrons. The molecule has 0 bridgehead atoms. The van der Waals surface area contributed by atoms with Crippen molar-refractivity contribution in [1.82, 2.24) is 5.32 Å². The predicted octanol–water partition coefficient (Wildman–Crippen LogP) is 3.28. The Kier molecular flexibility index (Phi) is 4.56. The second kappa shape index (κ2) is 5.87. The molecule has 0 amide bonds. The van der Waals surface area contributed by atoms with Crippen LogP contribution in [0.5, 0.6) is 0 Å². The highest BCUT2D eigenvalue weighted by Gasteiger charge is 2.17. The van der Waals surface area contributed by atoms with Crippen LogP contribution in [-0.2, 0) is 9.84 Å². The van der Waals surface area contributed by atoms with E-state index in [-0.39, 0.29) is 17.8 Å². The zero-order chi connectivity index (χ0) is 14.9. The van der Waals surface area contributed by atoms with E-state index in [1.165, 1.54) is 6.26 Å². The van der Waals surface area contributed by atoms with E-state index in [4.69, 9.17) is 4.42 Å². The topological polar surface area (TPSA) is 59.3 Å². The van der Waals surface area contributed by atoms with Crippen LogP contribution in [0.2, 0.25) is 0 Å². The Hall–Kier alpha value is -0.850. The van der Waals surface area contributed by atoms with Gasteiger partial charge in [-0.1, -0.05) is 15.9 Å². The van der Waals surface area contributed by atoms with Crippen LogP contribution in [0.25, 0.3) is 11.0 Å². The number of nitrogens with one attached hydrogen (secondary N) is 1. The van der Waals surface area contributed by atoms with Crippen molar-refractivity contribution in [3.63, 3.8) is 0 Å². The molecular formula is C14H18BrNO3S. The maximum absolute atomic E-state index is 11.3. The molecule has 0 radical (unpaired) electrons. The normalized spacial score (nSPS) is 15.4. The van der Waals surface area contributed by atoms with Crippen LogP contribution in [0.1, 0.15) is 25.6 Å². The van der Waals surface area contributed by atoms with Crippen LogP contribution < -0.4 is 5.32 Å². The fourth-order valence-corrected chi connectivity index (χ4v) is 3.64. The molecule has 1 aromatic carbocycles. The third kappa shape index (κ3) is 4.07. The van der Waals surface area contributed by atoms with Crippen molar-refractivity contribution in [3.05, 3.63) is 34.5 Å². The van der Waals surface area contributed by atoms with E-state index in [0.29, 0.717) is 0 Å². The largest absolute Gasteiger partial charge is 0.459 e. The first-order valence-electron chi connectivity index (χ1n) is 6.37. The standard InChI is InChI=1S/C14H18BrNO3S/c1-9(8-20(3,17)18)16-10(2)14-7-11-6-12(15)4-5-13(11)19-14/h4-7,9-10,16H,8H2,1-3H3. The molecule has 1 N–H and O–H groups in total. The first-order chi connectivity index (χ1) is 9.24. The predicted molar refractivity (Wildman–Crippen MR) is 84.6 cm³/mol. The molecule has 20 heavy (non-hydrogen) atoms. The van der Waals surface area contributed by atoms with Crippen LogP contribution in [0.15, 0.2) is 33.2 Å². The van der Waals surface area contributed by atoms with Crippen molar-refractivity contribution in [2.45, 2.75) is 25.9 Å². The Morgan fingerprint density at radius 1 is 1.30 bits per heavy atom. The Morgan fingerprint density at radius 2 is 2.00 bits per heavy atom. The highest BCUT2D eigenvalue weighted by molar-refractivity contribution is 9.10. The molecule has 6 heteroatoms. The first kappa shape index (κ1) is 15.5. The summed E-state index contributed by atoms with van der Waals surface area (Å²) in [6.45, 7) is 3.82. The molecule has 0 aliphatic heterocycles. The lowest BCUT2D eigenvalue weighted by molar-refractivity contribution is 0.423. The van der Waals surface area contributed by atoms with Crippen LogP contribution >= 0.6 is 15.9 Å². The molecule has 2 aromatic rings. The minimum Gasteiger partial charge on any atom is -0.459 e. The van der Waals surface area contributed by atoms with Crippen LogP contribution in [0.3, 0.4) is 0 Å². The van der Waals surface area contributed by atoms with Crippen molar-refractivity contribution in [1.29, 1.82) is 0 Å². The molecule has 0 aliphatic carbocycles. The highest BCUT2D eigenvalue weighted by Crippen LogP contribution is 2.26. The van der Waals surface area contributed by atoms with Crippen molar-refractivity contribution in [2.75, 3.05) is 12.0 Å². The third-order valence-electron chi connectivity index (χ3n) is 3.01. The van der Waals surface area contributed by atoms with Gasteiger partial charge < -0.3 is 9.73 Å². The molecule has 0 fully saturated rings. The monoisotopic (exact) mass is 359 g/mol. The molecule has 0 saturated heterocycles. The summed E-state index contributed by atoms with van der Waals surface area (Å²) >= 11 is 3.43. The lowest BCUT2D eigenvalue weighted by atomic mass is 10.2. The Bertz CT molecular complexity index is 708. The maximum Gasteiger partial charge on any atom is 0.148 e. The van der Waals surface area contributed by atoms with Crippen molar-refractivity contribution in [2.24, 2.45) is 0 Å². The van der Waals surface area contributed by atoms with E-state index in [2.05, 4.69) is 21.2 Å². The van der Waals surface area contributed by atoms with Gasteiger partial charge in [-0.15, -0.1) is 0 Å². The second-order valence-electron chi connectivity index (χ2n) is 5.21. The number of benzene rings is 1. The average molecular weight is 360 g/mol. The van der Waals surface area contributed by atoms with Gasteiger partial charge in [0.25, 0.3) is 0 Å². The molecule has 0 aliphatic rings. The SMILES string of the molecule is CC(CS(C)(=O)=O)NC(C)c1cc2cc(Br)ccc2o1. The van der Waals surface area contributed by atoms with E-state index in [1.54, 1.807) is 0 Å². The fraction of sp³-hybridized carbons (Fsp3) is 0.429. The van der Waals surface area contributed by atoms with Gasteiger partial charge in [-0.25, -0.2) is 8.42 Å². The van der Waals surface area contributed by atoms with Crippen LogP contribution in [0.4, 0.5) is 0 Å². The van der Waals surface area contributed by atoms with Gasteiger partial charge in [0.2, 0.25) is 0 Å². The van der Waals surface area contributed by atoms with Crippen molar-refractivity contribution >= 4 is 36.7 Å². The molecule has 2 atom stereocenters. The van der Waals surface area contributed by atoms with Gasteiger partial charge in [-0.05, 0) is 38.1 Å². The zero-order valence-electron chi connectivity index (χ0n) is 11.7. The first-order valence-corrected chi connectivity index (χ1v) is 9.23.